The Kier molecular flexibility index (Phi) is 3.45. The molecule has 2 heterocycles. The van der Waals surface area contributed by atoms with Gasteiger partial charge in [0, 0.05) is 37.8 Å². The van der Waals surface area contributed by atoms with Crippen LogP contribution in [0.2, 0.25) is 0 Å². The van der Waals surface area contributed by atoms with Crippen molar-refractivity contribution in [1.29, 1.82) is 0 Å². The number of anilines is 1. The average Bonchev–Trinajstić information content (AvgIpc) is 2.87. The summed E-state index contributed by atoms with van der Waals surface area (Å²) in [6.07, 6.45) is 1.41. The van der Waals surface area contributed by atoms with Crippen LogP contribution in [0.1, 0.15) is 23.2 Å². The molecule has 1 aromatic rings. The van der Waals surface area contributed by atoms with Crippen molar-refractivity contribution in [3.8, 4) is 5.75 Å². The Hall–Kier alpha value is -2.24. The molecule has 6 heteroatoms. The molecule has 2 fully saturated rings. The molecular formula is C15H19N3O3. The van der Waals surface area contributed by atoms with E-state index >= 15 is 0 Å². The first-order valence-electron chi connectivity index (χ1n) is 7.13. The van der Waals surface area contributed by atoms with Crippen LogP contribution in [-0.2, 0) is 4.79 Å². The summed E-state index contributed by atoms with van der Waals surface area (Å²) in [6.45, 7) is 1.71. The van der Waals surface area contributed by atoms with Gasteiger partial charge in [-0.1, -0.05) is 6.07 Å². The molecule has 0 radical (unpaired) electrons. The van der Waals surface area contributed by atoms with Crippen LogP contribution in [0.5, 0.6) is 5.75 Å². The van der Waals surface area contributed by atoms with E-state index < -0.39 is 0 Å². The number of ether oxygens (including phenoxy) is 1. The van der Waals surface area contributed by atoms with E-state index in [4.69, 9.17) is 10.5 Å². The van der Waals surface area contributed by atoms with Crippen molar-refractivity contribution in [2.45, 2.75) is 18.9 Å². The van der Waals surface area contributed by atoms with Crippen LogP contribution < -0.4 is 10.5 Å². The van der Waals surface area contributed by atoms with Crippen LogP contribution in [0.25, 0.3) is 0 Å². The van der Waals surface area contributed by atoms with Gasteiger partial charge >= 0.3 is 0 Å². The molecular weight excluding hydrogens is 270 g/mol. The van der Waals surface area contributed by atoms with Gasteiger partial charge < -0.3 is 20.3 Å². The van der Waals surface area contributed by atoms with E-state index in [-0.39, 0.29) is 17.9 Å². The molecule has 2 aliphatic rings. The van der Waals surface area contributed by atoms with Crippen molar-refractivity contribution in [3.63, 3.8) is 0 Å². The molecule has 112 valence electrons. The summed E-state index contributed by atoms with van der Waals surface area (Å²) in [5.41, 5.74) is 6.78. The molecule has 1 atom stereocenters. The molecule has 3 rings (SSSR count). The SMILES string of the molecule is COc1cccc(N)c1C(=O)N1CCN2C(=O)CCC2C1. The highest BCUT2D eigenvalue weighted by molar-refractivity contribution is 6.02. The van der Waals surface area contributed by atoms with Crippen molar-refractivity contribution >= 4 is 17.5 Å². The van der Waals surface area contributed by atoms with Gasteiger partial charge in [-0.3, -0.25) is 9.59 Å². The number of carbonyl (C=O) groups excluding carboxylic acids is 2. The number of amides is 2. The molecule has 2 aliphatic heterocycles. The van der Waals surface area contributed by atoms with Crippen LogP contribution in [0.3, 0.4) is 0 Å². The lowest BCUT2D eigenvalue weighted by atomic mass is 10.1. The zero-order chi connectivity index (χ0) is 15.0. The quantitative estimate of drug-likeness (QED) is 0.814. The average molecular weight is 289 g/mol. The summed E-state index contributed by atoms with van der Waals surface area (Å²) in [4.78, 5) is 28.1. The number of rotatable bonds is 2. The fourth-order valence-electron chi connectivity index (χ4n) is 3.15. The standard InChI is InChI=1S/C15H19N3O3/c1-21-12-4-2-3-11(16)14(12)15(20)17-7-8-18-10(9-17)5-6-13(18)19/h2-4,10H,5-9,16H2,1H3. The van der Waals surface area contributed by atoms with Gasteiger partial charge in [-0.15, -0.1) is 0 Å². The summed E-state index contributed by atoms with van der Waals surface area (Å²) in [5, 5.41) is 0. The van der Waals surface area contributed by atoms with E-state index in [1.54, 1.807) is 23.1 Å². The van der Waals surface area contributed by atoms with Crippen LogP contribution in [0, 0.1) is 0 Å². The second kappa shape index (κ2) is 5.27. The lowest BCUT2D eigenvalue weighted by Crippen LogP contribution is -2.53. The lowest BCUT2D eigenvalue weighted by molar-refractivity contribution is -0.130. The molecule has 21 heavy (non-hydrogen) atoms. The minimum atomic E-state index is -0.121. The maximum atomic E-state index is 12.7. The number of carbonyl (C=O) groups is 2. The Morgan fingerprint density at radius 1 is 1.38 bits per heavy atom. The Balaban J connectivity index is 1.82. The van der Waals surface area contributed by atoms with E-state index in [2.05, 4.69) is 0 Å². The molecule has 0 spiro atoms. The third-order valence-electron chi connectivity index (χ3n) is 4.27. The molecule has 1 unspecified atom stereocenters. The van der Waals surface area contributed by atoms with Gasteiger partial charge in [-0.25, -0.2) is 0 Å². The number of hydrogen-bond donors (Lipinski definition) is 1. The number of nitrogens with two attached hydrogens (primary N) is 1. The van der Waals surface area contributed by atoms with Crippen LogP contribution in [0.15, 0.2) is 18.2 Å². The third kappa shape index (κ3) is 2.30. The number of piperazine rings is 1. The van der Waals surface area contributed by atoms with E-state index in [0.29, 0.717) is 43.1 Å². The highest BCUT2D eigenvalue weighted by Gasteiger charge is 2.37. The van der Waals surface area contributed by atoms with Gasteiger partial charge in [0.25, 0.3) is 5.91 Å². The van der Waals surface area contributed by atoms with E-state index in [1.165, 1.54) is 7.11 Å². The number of hydrogen-bond acceptors (Lipinski definition) is 4. The van der Waals surface area contributed by atoms with E-state index in [9.17, 15) is 9.59 Å². The van der Waals surface area contributed by atoms with Crippen molar-refractivity contribution in [2.75, 3.05) is 32.5 Å². The Labute approximate surface area is 123 Å². The van der Waals surface area contributed by atoms with Crippen molar-refractivity contribution in [1.82, 2.24) is 9.80 Å². The van der Waals surface area contributed by atoms with Gasteiger partial charge in [-0.05, 0) is 18.6 Å². The van der Waals surface area contributed by atoms with Crippen LogP contribution >= 0.6 is 0 Å². The minimum absolute atomic E-state index is 0.121. The van der Waals surface area contributed by atoms with Crippen LogP contribution in [0.4, 0.5) is 5.69 Å². The van der Waals surface area contributed by atoms with E-state index in [1.807, 2.05) is 4.90 Å². The molecule has 1 aromatic carbocycles. The molecule has 0 aliphatic carbocycles. The highest BCUT2D eigenvalue weighted by Crippen LogP contribution is 2.28. The molecule has 6 nitrogen and oxygen atoms in total. The normalized spacial score (nSPS) is 21.4. The molecule has 2 amide bonds. The van der Waals surface area contributed by atoms with Gasteiger partial charge in [0.1, 0.15) is 11.3 Å². The largest absolute Gasteiger partial charge is 0.496 e. The number of fused-ring (bicyclic) bond motifs is 1. The Morgan fingerprint density at radius 3 is 2.95 bits per heavy atom. The third-order valence-corrected chi connectivity index (χ3v) is 4.27. The first-order valence-corrected chi connectivity index (χ1v) is 7.13. The second-order valence-corrected chi connectivity index (χ2v) is 5.46. The summed E-state index contributed by atoms with van der Waals surface area (Å²) >= 11 is 0. The van der Waals surface area contributed by atoms with Gasteiger partial charge in [0.05, 0.1) is 7.11 Å². The van der Waals surface area contributed by atoms with Gasteiger partial charge in [0.15, 0.2) is 0 Å². The number of nitrogen functional groups attached to an aromatic ring is 1. The molecule has 0 aromatic heterocycles. The van der Waals surface area contributed by atoms with Crippen LogP contribution in [-0.4, -0.2) is 54.4 Å². The first-order chi connectivity index (χ1) is 10.1. The van der Waals surface area contributed by atoms with Crippen molar-refractivity contribution in [3.05, 3.63) is 23.8 Å². The van der Waals surface area contributed by atoms with Gasteiger partial charge in [0.2, 0.25) is 5.91 Å². The monoisotopic (exact) mass is 289 g/mol. The Bertz CT molecular complexity index is 588. The maximum Gasteiger partial charge on any atom is 0.259 e. The summed E-state index contributed by atoms with van der Waals surface area (Å²) in [7, 11) is 1.53. The predicted molar refractivity (Wildman–Crippen MR) is 78.0 cm³/mol. The second-order valence-electron chi connectivity index (χ2n) is 5.46. The van der Waals surface area contributed by atoms with Crippen molar-refractivity contribution in [2.24, 2.45) is 0 Å². The molecule has 0 saturated carbocycles. The number of nitrogens with zero attached hydrogens (tertiary/aromatic N) is 2. The Morgan fingerprint density at radius 2 is 2.19 bits per heavy atom. The number of methoxy groups -OCH3 is 1. The lowest BCUT2D eigenvalue weighted by Gasteiger charge is -2.37. The summed E-state index contributed by atoms with van der Waals surface area (Å²) in [5.74, 6) is 0.567. The topological polar surface area (TPSA) is 75.9 Å². The molecule has 0 bridgehead atoms. The maximum absolute atomic E-state index is 12.7. The smallest absolute Gasteiger partial charge is 0.259 e. The van der Waals surface area contributed by atoms with Gasteiger partial charge in [-0.2, -0.15) is 0 Å². The van der Waals surface area contributed by atoms with E-state index in [0.717, 1.165) is 6.42 Å². The zero-order valence-electron chi connectivity index (χ0n) is 12.0. The summed E-state index contributed by atoms with van der Waals surface area (Å²) < 4.78 is 5.25. The van der Waals surface area contributed by atoms with Crippen molar-refractivity contribution < 1.29 is 14.3 Å². The zero-order valence-corrected chi connectivity index (χ0v) is 12.0. The number of benzene rings is 1. The first kappa shape index (κ1) is 13.7. The fourth-order valence-corrected chi connectivity index (χ4v) is 3.15. The minimum Gasteiger partial charge on any atom is -0.496 e. The molecule has 2 saturated heterocycles. The summed E-state index contributed by atoms with van der Waals surface area (Å²) in [6, 6.07) is 5.34. The fraction of sp³-hybridized carbons (Fsp3) is 0.467. The molecule has 2 N–H and O–H groups in total. The highest BCUT2D eigenvalue weighted by atomic mass is 16.5. The predicted octanol–water partition coefficient (Wildman–Crippen LogP) is 0.724.